The summed E-state index contributed by atoms with van der Waals surface area (Å²) in [5.74, 6) is -0.350. The molecule has 0 aliphatic heterocycles. The van der Waals surface area contributed by atoms with E-state index in [1.54, 1.807) is 12.1 Å². The highest BCUT2D eigenvalue weighted by Crippen LogP contribution is 2.19. The molecular weight excluding hydrogens is 333 g/mol. The zero-order valence-electron chi connectivity index (χ0n) is 11.6. The van der Waals surface area contributed by atoms with Crippen molar-refractivity contribution in [3.8, 4) is 0 Å². The first-order valence-electron chi connectivity index (χ1n) is 6.82. The largest absolute Gasteiger partial charge is 0.324 e. The molecule has 0 heterocycles. The van der Waals surface area contributed by atoms with E-state index in [4.69, 9.17) is 5.73 Å². The summed E-state index contributed by atoms with van der Waals surface area (Å²) in [6, 6.07) is 14.1. The van der Waals surface area contributed by atoms with Crippen LogP contribution in [0.15, 0.2) is 53.0 Å². The minimum absolute atomic E-state index is 0.00150. The van der Waals surface area contributed by atoms with Crippen molar-refractivity contribution in [2.24, 2.45) is 5.73 Å². The fraction of sp³-hybridized carbons (Fsp3) is 0.235. The molecule has 0 saturated heterocycles. The number of rotatable bonds is 6. The van der Waals surface area contributed by atoms with Crippen molar-refractivity contribution in [2.75, 3.05) is 0 Å². The van der Waals surface area contributed by atoms with Crippen LogP contribution in [-0.4, -0.2) is 5.78 Å². The number of hydrogen-bond acceptors (Lipinski definition) is 2. The predicted molar refractivity (Wildman–Crippen MR) is 85.4 cm³/mol. The SMILES string of the molecule is NC(CCC(=O)Cc1cc(Br)ccc1F)c1ccccc1. The summed E-state index contributed by atoms with van der Waals surface area (Å²) in [4.78, 5) is 12.0. The molecule has 0 radical (unpaired) electrons. The molecule has 2 N–H and O–H groups in total. The number of Topliss-reactive ketones (excluding diaryl/α,β-unsaturated/α-hetero) is 1. The number of benzene rings is 2. The lowest BCUT2D eigenvalue weighted by Gasteiger charge is -2.11. The summed E-state index contributed by atoms with van der Waals surface area (Å²) < 4.78 is 14.4. The molecule has 1 atom stereocenters. The topological polar surface area (TPSA) is 43.1 Å². The summed E-state index contributed by atoms with van der Waals surface area (Å²) in [5.41, 5.74) is 7.49. The van der Waals surface area contributed by atoms with Gasteiger partial charge >= 0.3 is 0 Å². The lowest BCUT2D eigenvalue weighted by Crippen LogP contribution is -2.13. The summed E-state index contributed by atoms with van der Waals surface area (Å²) in [7, 11) is 0. The molecule has 0 saturated carbocycles. The van der Waals surface area contributed by atoms with Gasteiger partial charge in [0.15, 0.2) is 0 Å². The van der Waals surface area contributed by atoms with Crippen LogP contribution in [0.3, 0.4) is 0 Å². The molecule has 0 spiro atoms. The van der Waals surface area contributed by atoms with E-state index < -0.39 is 0 Å². The fourth-order valence-corrected chi connectivity index (χ4v) is 2.57. The average molecular weight is 350 g/mol. The summed E-state index contributed by atoms with van der Waals surface area (Å²) >= 11 is 3.28. The van der Waals surface area contributed by atoms with Crippen molar-refractivity contribution in [3.05, 3.63) is 69.9 Å². The molecule has 0 fully saturated rings. The zero-order chi connectivity index (χ0) is 15.2. The maximum Gasteiger partial charge on any atom is 0.137 e. The molecule has 2 aromatic carbocycles. The molecule has 0 amide bonds. The fourth-order valence-electron chi connectivity index (χ4n) is 2.16. The number of halogens is 2. The Morgan fingerprint density at radius 3 is 2.62 bits per heavy atom. The number of hydrogen-bond donors (Lipinski definition) is 1. The molecule has 4 heteroatoms. The van der Waals surface area contributed by atoms with Crippen molar-refractivity contribution in [1.82, 2.24) is 0 Å². The van der Waals surface area contributed by atoms with Crippen LogP contribution >= 0.6 is 15.9 Å². The molecule has 0 aromatic heterocycles. The summed E-state index contributed by atoms with van der Waals surface area (Å²) in [5, 5.41) is 0. The standard InChI is InChI=1S/C17H17BrFNO/c18-14-6-8-16(19)13(10-14)11-15(21)7-9-17(20)12-4-2-1-3-5-12/h1-6,8,10,17H,7,9,11,20H2. The highest BCUT2D eigenvalue weighted by Gasteiger charge is 2.12. The Bertz CT molecular complexity index is 615. The molecule has 0 aliphatic carbocycles. The second-order valence-electron chi connectivity index (χ2n) is 5.01. The lowest BCUT2D eigenvalue weighted by molar-refractivity contribution is -0.118. The second-order valence-corrected chi connectivity index (χ2v) is 5.92. The minimum Gasteiger partial charge on any atom is -0.324 e. The quantitative estimate of drug-likeness (QED) is 0.849. The monoisotopic (exact) mass is 349 g/mol. The highest BCUT2D eigenvalue weighted by atomic mass is 79.9. The van der Waals surface area contributed by atoms with Crippen LogP contribution in [0.2, 0.25) is 0 Å². The van der Waals surface area contributed by atoms with Crippen LogP contribution in [-0.2, 0) is 11.2 Å². The van der Waals surface area contributed by atoms with E-state index in [-0.39, 0.29) is 24.1 Å². The van der Waals surface area contributed by atoms with Gasteiger partial charge in [-0.2, -0.15) is 0 Å². The molecule has 21 heavy (non-hydrogen) atoms. The third-order valence-corrected chi connectivity index (χ3v) is 3.85. The maximum atomic E-state index is 13.6. The Hall–Kier alpha value is -1.52. The number of nitrogens with two attached hydrogens (primary N) is 1. The predicted octanol–water partition coefficient (Wildman–Crippen LogP) is 4.18. The minimum atomic E-state index is -0.348. The molecule has 0 bridgehead atoms. The molecule has 110 valence electrons. The van der Waals surface area contributed by atoms with Crippen molar-refractivity contribution < 1.29 is 9.18 Å². The summed E-state index contributed by atoms with van der Waals surface area (Å²) in [6.07, 6.45) is 1.02. The Labute approximate surface area is 132 Å². The lowest BCUT2D eigenvalue weighted by atomic mass is 9.99. The van der Waals surface area contributed by atoms with E-state index in [1.807, 2.05) is 30.3 Å². The smallest absolute Gasteiger partial charge is 0.137 e. The van der Waals surface area contributed by atoms with Crippen molar-refractivity contribution in [1.29, 1.82) is 0 Å². The second kappa shape index (κ2) is 7.48. The van der Waals surface area contributed by atoms with E-state index in [1.165, 1.54) is 6.07 Å². The van der Waals surface area contributed by atoms with Gasteiger partial charge < -0.3 is 5.73 Å². The molecule has 0 aliphatic rings. The molecule has 2 nitrogen and oxygen atoms in total. The van der Waals surface area contributed by atoms with Gasteiger partial charge in [-0.05, 0) is 35.7 Å². The Kier molecular flexibility index (Phi) is 5.65. The molecular formula is C17H17BrFNO. The Morgan fingerprint density at radius 2 is 1.90 bits per heavy atom. The zero-order valence-corrected chi connectivity index (χ0v) is 13.1. The van der Waals surface area contributed by atoms with E-state index in [2.05, 4.69) is 15.9 Å². The van der Waals surface area contributed by atoms with Crippen LogP contribution in [0.4, 0.5) is 4.39 Å². The van der Waals surface area contributed by atoms with Crippen LogP contribution in [0.5, 0.6) is 0 Å². The average Bonchev–Trinajstić information content (AvgIpc) is 2.49. The van der Waals surface area contributed by atoms with Crippen molar-refractivity contribution in [2.45, 2.75) is 25.3 Å². The van der Waals surface area contributed by atoms with E-state index in [0.29, 0.717) is 18.4 Å². The normalized spacial score (nSPS) is 12.1. The molecule has 2 rings (SSSR count). The van der Waals surface area contributed by atoms with Gasteiger partial charge in [-0.3, -0.25) is 4.79 Å². The van der Waals surface area contributed by atoms with Crippen molar-refractivity contribution in [3.63, 3.8) is 0 Å². The first kappa shape index (κ1) is 15.9. The number of ketones is 1. The van der Waals surface area contributed by atoms with Gasteiger partial charge in [0.05, 0.1) is 0 Å². The van der Waals surface area contributed by atoms with Gasteiger partial charge in [-0.15, -0.1) is 0 Å². The van der Waals surface area contributed by atoms with Gasteiger partial charge in [0, 0.05) is 23.4 Å². The third kappa shape index (κ3) is 4.76. The van der Waals surface area contributed by atoms with Gasteiger partial charge in [0.25, 0.3) is 0 Å². The van der Waals surface area contributed by atoms with Crippen LogP contribution < -0.4 is 5.73 Å². The van der Waals surface area contributed by atoms with Crippen LogP contribution in [0, 0.1) is 5.82 Å². The molecule has 1 unspecified atom stereocenters. The van der Waals surface area contributed by atoms with Crippen LogP contribution in [0.25, 0.3) is 0 Å². The van der Waals surface area contributed by atoms with Crippen molar-refractivity contribution >= 4 is 21.7 Å². The first-order chi connectivity index (χ1) is 10.1. The Balaban J connectivity index is 1.89. The van der Waals surface area contributed by atoms with E-state index in [0.717, 1.165) is 10.0 Å². The van der Waals surface area contributed by atoms with Gasteiger partial charge in [-0.1, -0.05) is 46.3 Å². The third-order valence-electron chi connectivity index (χ3n) is 3.36. The number of carbonyl (C=O) groups is 1. The Morgan fingerprint density at radius 1 is 1.19 bits per heavy atom. The molecule has 2 aromatic rings. The van der Waals surface area contributed by atoms with Gasteiger partial charge in [0.1, 0.15) is 11.6 Å². The highest BCUT2D eigenvalue weighted by molar-refractivity contribution is 9.10. The van der Waals surface area contributed by atoms with Gasteiger partial charge in [0.2, 0.25) is 0 Å². The maximum absolute atomic E-state index is 13.6. The van der Waals surface area contributed by atoms with E-state index >= 15 is 0 Å². The summed E-state index contributed by atoms with van der Waals surface area (Å²) in [6.45, 7) is 0. The first-order valence-corrected chi connectivity index (χ1v) is 7.61. The number of carbonyl (C=O) groups excluding carboxylic acids is 1. The van der Waals surface area contributed by atoms with Gasteiger partial charge in [-0.25, -0.2) is 4.39 Å². The van der Waals surface area contributed by atoms with Crippen LogP contribution in [0.1, 0.15) is 30.0 Å². The van der Waals surface area contributed by atoms with E-state index in [9.17, 15) is 9.18 Å².